The highest BCUT2D eigenvalue weighted by molar-refractivity contribution is 5.76. The van der Waals surface area contributed by atoms with Crippen molar-refractivity contribution in [3.8, 4) is 0 Å². The van der Waals surface area contributed by atoms with Crippen LogP contribution in [0.3, 0.4) is 0 Å². The molecule has 0 bridgehead atoms. The fourth-order valence-electron chi connectivity index (χ4n) is 12.5. The van der Waals surface area contributed by atoms with Gasteiger partial charge in [-0.3, -0.25) is 9.59 Å². The summed E-state index contributed by atoms with van der Waals surface area (Å²) >= 11 is 0. The van der Waals surface area contributed by atoms with Crippen LogP contribution in [0, 0.1) is 0 Å². The summed E-state index contributed by atoms with van der Waals surface area (Å²) in [5.74, 6) is -0.0459. The first kappa shape index (κ1) is 83.3. The highest BCUT2D eigenvalue weighted by Gasteiger charge is 2.18. The molecule has 0 aromatic heterocycles. The zero-order valence-electron chi connectivity index (χ0n) is 57.9. The van der Waals surface area contributed by atoms with Gasteiger partial charge in [0.1, 0.15) is 0 Å². The molecule has 0 aliphatic heterocycles. The van der Waals surface area contributed by atoms with E-state index >= 15 is 0 Å². The highest BCUT2D eigenvalue weighted by Crippen LogP contribution is 2.20. The third-order valence-corrected chi connectivity index (χ3v) is 18.5. The Balaban J connectivity index is 3.35. The minimum atomic E-state index is -0.842. The number of hydrogen-bond acceptors (Lipinski definition) is 5. The van der Waals surface area contributed by atoms with Crippen LogP contribution < -0.4 is 5.32 Å². The van der Waals surface area contributed by atoms with Crippen LogP contribution in [-0.4, -0.2) is 47.4 Å². The van der Waals surface area contributed by atoms with E-state index < -0.39 is 12.1 Å². The van der Waals surface area contributed by atoms with Crippen LogP contribution in [0.15, 0.2) is 24.3 Å². The lowest BCUT2D eigenvalue weighted by molar-refractivity contribution is -0.143. The summed E-state index contributed by atoms with van der Waals surface area (Å²) in [5.41, 5.74) is 0. The fourth-order valence-corrected chi connectivity index (χ4v) is 12.5. The van der Waals surface area contributed by atoms with Gasteiger partial charge in [0.05, 0.1) is 25.4 Å². The smallest absolute Gasteiger partial charge is 0.305 e. The number of rotatable bonds is 74. The van der Waals surface area contributed by atoms with E-state index in [9.17, 15) is 19.8 Å². The maximum absolute atomic E-state index is 12.5. The lowest BCUT2D eigenvalue weighted by Crippen LogP contribution is -2.45. The number of amides is 1. The van der Waals surface area contributed by atoms with Gasteiger partial charge in [0.25, 0.3) is 0 Å². The lowest BCUT2D eigenvalue weighted by Gasteiger charge is -2.20. The highest BCUT2D eigenvalue weighted by atomic mass is 16.5. The normalized spacial score (nSPS) is 12.6. The van der Waals surface area contributed by atoms with Crippen LogP contribution >= 0.6 is 0 Å². The number of hydrogen-bond donors (Lipinski definition) is 3. The molecule has 0 saturated carbocycles. The number of esters is 1. The van der Waals surface area contributed by atoms with Crippen molar-refractivity contribution in [2.75, 3.05) is 13.2 Å². The number of carbonyl (C=O) groups is 2. The summed E-state index contributed by atoms with van der Waals surface area (Å²) in [6.07, 6.45) is 95.9. The first-order valence-corrected chi connectivity index (χ1v) is 39.1. The second kappa shape index (κ2) is 74.8. The predicted molar refractivity (Wildman–Crippen MR) is 375 cm³/mol. The number of unbranched alkanes of at least 4 members (excludes halogenated alkanes) is 61. The fraction of sp³-hybridized carbons (Fsp3) is 0.924. The summed E-state index contributed by atoms with van der Waals surface area (Å²) < 4.78 is 5.48. The Kier molecular flexibility index (Phi) is 73.3. The summed E-state index contributed by atoms with van der Waals surface area (Å²) in [4.78, 5) is 24.6. The Labute approximate surface area is 532 Å². The number of aliphatic hydroxyl groups is 2. The van der Waals surface area contributed by atoms with E-state index in [0.717, 1.165) is 44.9 Å². The second-order valence-electron chi connectivity index (χ2n) is 27.0. The number of aliphatic hydroxyl groups excluding tert-OH is 2. The lowest BCUT2D eigenvalue weighted by atomic mass is 10.0. The maximum atomic E-state index is 12.5. The molecule has 504 valence electrons. The molecule has 0 rings (SSSR count). The van der Waals surface area contributed by atoms with Crippen LogP contribution in [0.2, 0.25) is 0 Å². The SMILES string of the molecule is CCCCC/C=C\CCCCCCCC(=O)OCCCCCCCCCCCCCCCCCCCCCCCCCCCCCCCCCCCC(=O)NC(CO)C(O)/C=C/CCCCCCCCCCCCCCCCCCCCCCC. The average Bonchev–Trinajstić information content (AvgIpc) is 3.51. The van der Waals surface area contributed by atoms with Crippen molar-refractivity contribution in [1.82, 2.24) is 5.32 Å². The Morgan fingerprint density at radius 2 is 0.553 bits per heavy atom. The molecule has 2 atom stereocenters. The Bertz CT molecular complexity index is 1330. The topological polar surface area (TPSA) is 95.9 Å². The molecule has 0 fully saturated rings. The van der Waals surface area contributed by atoms with Gasteiger partial charge in [-0.15, -0.1) is 0 Å². The first-order chi connectivity index (χ1) is 42.0. The van der Waals surface area contributed by atoms with E-state index in [1.165, 1.54) is 372 Å². The quantitative estimate of drug-likeness (QED) is 0.0320. The summed E-state index contributed by atoms with van der Waals surface area (Å²) in [5, 5.41) is 23.3. The number of allylic oxidation sites excluding steroid dienone is 3. The van der Waals surface area contributed by atoms with Gasteiger partial charge in [0, 0.05) is 12.8 Å². The van der Waals surface area contributed by atoms with Crippen molar-refractivity contribution in [3.05, 3.63) is 24.3 Å². The van der Waals surface area contributed by atoms with Gasteiger partial charge >= 0.3 is 5.97 Å². The largest absolute Gasteiger partial charge is 0.466 e. The molecule has 6 heteroatoms. The molecule has 85 heavy (non-hydrogen) atoms. The Morgan fingerprint density at radius 3 is 0.859 bits per heavy atom. The third kappa shape index (κ3) is 71.3. The van der Waals surface area contributed by atoms with Gasteiger partial charge in [-0.25, -0.2) is 0 Å². The van der Waals surface area contributed by atoms with Gasteiger partial charge in [-0.05, 0) is 57.8 Å². The Hall–Kier alpha value is -1.66. The van der Waals surface area contributed by atoms with E-state index in [4.69, 9.17) is 4.74 Å². The minimum absolute atomic E-state index is 0.0121. The second-order valence-corrected chi connectivity index (χ2v) is 27.0. The molecular weight excluding hydrogens is 1040 g/mol. The summed E-state index contributed by atoms with van der Waals surface area (Å²) in [7, 11) is 0. The van der Waals surface area contributed by atoms with Crippen molar-refractivity contribution in [2.45, 2.75) is 456 Å². The number of carbonyl (C=O) groups excluding carboxylic acids is 2. The summed E-state index contributed by atoms with van der Waals surface area (Å²) in [6, 6.07) is -0.625. The number of ether oxygens (including phenoxy) is 1. The van der Waals surface area contributed by atoms with Gasteiger partial charge in [-0.2, -0.15) is 0 Å². The van der Waals surface area contributed by atoms with Crippen molar-refractivity contribution < 1.29 is 24.5 Å². The molecule has 0 spiro atoms. The van der Waals surface area contributed by atoms with Gasteiger partial charge in [0.2, 0.25) is 5.91 Å². The van der Waals surface area contributed by atoms with E-state index in [1.54, 1.807) is 6.08 Å². The molecule has 0 aliphatic rings. The first-order valence-electron chi connectivity index (χ1n) is 39.1. The van der Waals surface area contributed by atoms with Crippen LogP contribution in [0.25, 0.3) is 0 Å². The minimum Gasteiger partial charge on any atom is -0.466 e. The van der Waals surface area contributed by atoms with E-state index in [-0.39, 0.29) is 18.5 Å². The predicted octanol–water partition coefficient (Wildman–Crippen LogP) is 25.7. The van der Waals surface area contributed by atoms with Gasteiger partial charge < -0.3 is 20.3 Å². The molecule has 3 N–H and O–H groups in total. The zero-order chi connectivity index (χ0) is 61.3. The monoisotopic (exact) mass is 1200 g/mol. The molecular formula is C79H153NO5. The van der Waals surface area contributed by atoms with Gasteiger partial charge in [0.15, 0.2) is 0 Å². The van der Waals surface area contributed by atoms with E-state index in [1.807, 2.05) is 6.08 Å². The zero-order valence-corrected chi connectivity index (χ0v) is 57.9. The molecule has 1 amide bonds. The molecule has 0 aromatic carbocycles. The third-order valence-electron chi connectivity index (χ3n) is 18.5. The van der Waals surface area contributed by atoms with E-state index in [0.29, 0.717) is 19.4 Å². The van der Waals surface area contributed by atoms with Crippen LogP contribution in [0.4, 0.5) is 0 Å². The van der Waals surface area contributed by atoms with Crippen LogP contribution in [-0.2, 0) is 14.3 Å². The average molecular weight is 1200 g/mol. The van der Waals surface area contributed by atoms with Crippen molar-refractivity contribution in [1.29, 1.82) is 0 Å². The van der Waals surface area contributed by atoms with Crippen molar-refractivity contribution >= 4 is 11.9 Å². The summed E-state index contributed by atoms with van der Waals surface area (Å²) in [6.45, 7) is 4.93. The maximum Gasteiger partial charge on any atom is 0.305 e. The molecule has 0 radical (unpaired) electrons. The van der Waals surface area contributed by atoms with Crippen LogP contribution in [0.1, 0.15) is 444 Å². The van der Waals surface area contributed by atoms with E-state index in [2.05, 4.69) is 31.3 Å². The molecule has 2 unspecified atom stereocenters. The van der Waals surface area contributed by atoms with Gasteiger partial charge in [-0.1, -0.05) is 398 Å². The number of nitrogens with one attached hydrogen (secondary N) is 1. The molecule has 0 aliphatic carbocycles. The molecule has 0 saturated heterocycles. The van der Waals surface area contributed by atoms with Crippen molar-refractivity contribution in [3.63, 3.8) is 0 Å². The molecule has 0 aromatic rings. The van der Waals surface area contributed by atoms with Crippen LogP contribution in [0.5, 0.6) is 0 Å². The van der Waals surface area contributed by atoms with Crippen molar-refractivity contribution in [2.24, 2.45) is 0 Å². The molecule has 0 heterocycles. The molecule has 6 nitrogen and oxygen atoms in total. The Morgan fingerprint density at radius 1 is 0.318 bits per heavy atom. The standard InChI is InChI=1S/C79H153NO5/c1-3-5-7-9-11-13-15-17-18-19-20-21-33-36-39-42-45-48-51-55-59-63-67-71-77(82)76(75-81)80-78(83)72-68-64-60-56-52-49-46-43-40-37-34-31-29-27-25-23-22-24-26-28-30-32-35-38-41-44-47-50-54-58-62-66-70-74-85-79(84)73-69-65-61-57-53-16-14-12-10-8-6-4-2/h12,14,67,71,76-77,81-82H,3-11,13,15-66,68-70,72-75H2,1-2H3,(H,80,83)/b14-12-,71-67+.